The van der Waals surface area contributed by atoms with Crippen LogP contribution in [0.1, 0.15) is 18.4 Å². The molecule has 10 heteroatoms. The van der Waals surface area contributed by atoms with Gasteiger partial charge in [0.1, 0.15) is 18.1 Å². The predicted molar refractivity (Wildman–Crippen MR) is 111 cm³/mol. The Kier molecular flexibility index (Phi) is 7.57. The highest BCUT2D eigenvalue weighted by Crippen LogP contribution is 2.35. The molecule has 1 fully saturated rings. The van der Waals surface area contributed by atoms with E-state index in [1.54, 1.807) is 29.2 Å². The Morgan fingerprint density at radius 3 is 2.47 bits per heavy atom. The quantitative estimate of drug-likeness (QED) is 0.585. The molecule has 0 spiro atoms. The number of carbonyl (C=O) groups is 2. The Morgan fingerprint density at radius 1 is 1.09 bits per heavy atom. The minimum atomic E-state index is -4.57. The van der Waals surface area contributed by atoms with Crippen molar-refractivity contribution in [3.05, 3.63) is 48.0 Å². The Balaban J connectivity index is 1.62. The van der Waals surface area contributed by atoms with E-state index < -0.39 is 24.3 Å². The third-order valence-electron chi connectivity index (χ3n) is 4.72. The number of amides is 2. The van der Waals surface area contributed by atoms with Crippen LogP contribution in [0.5, 0.6) is 11.5 Å². The first-order chi connectivity index (χ1) is 15.3. The van der Waals surface area contributed by atoms with Gasteiger partial charge in [-0.05, 0) is 48.9 Å². The zero-order valence-electron chi connectivity index (χ0n) is 17.4. The number of methoxy groups -OCH3 is 1. The molecule has 172 valence electrons. The number of anilines is 2. The molecule has 7 nitrogen and oxygen atoms in total. The summed E-state index contributed by atoms with van der Waals surface area (Å²) < 4.78 is 54.9. The summed E-state index contributed by atoms with van der Waals surface area (Å²) in [7, 11) is 1.46. The number of ether oxygens (including phenoxy) is 3. The highest BCUT2D eigenvalue weighted by molar-refractivity contribution is 5.95. The SMILES string of the molecule is COCCOc1ccc(C(F)(F)F)cc1NC(=O)COc1ccc(N2CCCC2=O)cc1. The molecule has 1 saturated heterocycles. The highest BCUT2D eigenvalue weighted by Gasteiger charge is 2.31. The number of carbonyl (C=O) groups excluding carboxylic acids is 2. The van der Waals surface area contributed by atoms with Crippen LogP contribution < -0.4 is 19.7 Å². The summed E-state index contributed by atoms with van der Waals surface area (Å²) in [6.07, 6.45) is -3.24. The molecule has 1 aliphatic heterocycles. The Morgan fingerprint density at radius 2 is 1.84 bits per heavy atom. The molecule has 0 aromatic heterocycles. The van der Waals surface area contributed by atoms with Crippen LogP contribution in [0.3, 0.4) is 0 Å². The fraction of sp³-hybridized carbons (Fsp3) is 0.364. The third kappa shape index (κ3) is 6.13. The summed E-state index contributed by atoms with van der Waals surface area (Å²) in [5, 5.41) is 2.40. The minimum Gasteiger partial charge on any atom is -0.489 e. The fourth-order valence-electron chi connectivity index (χ4n) is 3.14. The van der Waals surface area contributed by atoms with Gasteiger partial charge in [0.2, 0.25) is 5.91 Å². The molecule has 2 aromatic carbocycles. The van der Waals surface area contributed by atoms with Gasteiger partial charge < -0.3 is 24.4 Å². The van der Waals surface area contributed by atoms with Gasteiger partial charge in [0.05, 0.1) is 17.9 Å². The van der Waals surface area contributed by atoms with Crippen LogP contribution in [-0.4, -0.2) is 45.3 Å². The number of hydrogen-bond acceptors (Lipinski definition) is 5. The van der Waals surface area contributed by atoms with Crippen molar-refractivity contribution in [2.75, 3.05) is 43.7 Å². The first-order valence-electron chi connectivity index (χ1n) is 9.94. The average Bonchev–Trinajstić information content (AvgIpc) is 3.19. The summed E-state index contributed by atoms with van der Waals surface area (Å²) in [4.78, 5) is 25.8. The molecule has 2 aromatic rings. The molecular weight excluding hydrogens is 429 g/mol. The van der Waals surface area contributed by atoms with Gasteiger partial charge in [-0.2, -0.15) is 13.2 Å². The Labute approximate surface area is 183 Å². The Bertz CT molecular complexity index is 948. The second-order valence-corrected chi connectivity index (χ2v) is 7.03. The van der Waals surface area contributed by atoms with E-state index in [2.05, 4.69) is 5.32 Å². The number of nitrogens with zero attached hydrogens (tertiary/aromatic N) is 1. The zero-order valence-corrected chi connectivity index (χ0v) is 17.4. The van der Waals surface area contributed by atoms with Crippen LogP contribution in [0.15, 0.2) is 42.5 Å². The van der Waals surface area contributed by atoms with Crippen LogP contribution in [0.25, 0.3) is 0 Å². The van der Waals surface area contributed by atoms with Crippen LogP contribution in [0, 0.1) is 0 Å². The summed E-state index contributed by atoms with van der Waals surface area (Å²) in [6.45, 7) is 0.576. The number of alkyl halides is 3. The molecule has 1 aliphatic rings. The Hall–Kier alpha value is -3.27. The molecule has 0 unspecified atom stereocenters. The van der Waals surface area contributed by atoms with Crippen molar-refractivity contribution in [1.82, 2.24) is 0 Å². The second-order valence-electron chi connectivity index (χ2n) is 7.03. The van der Waals surface area contributed by atoms with Crippen molar-refractivity contribution in [1.29, 1.82) is 0 Å². The van der Waals surface area contributed by atoms with Gasteiger partial charge in [0.15, 0.2) is 6.61 Å². The van der Waals surface area contributed by atoms with Crippen LogP contribution in [0.4, 0.5) is 24.5 Å². The zero-order chi connectivity index (χ0) is 23.1. The molecule has 1 N–H and O–H groups in total. The number of halogens is 3. The van der Waals surface area contributed by atoms with E-state index in [9.17, 15) is 22.8 Å². The first kappa shape index (κ1) is 23.4. The maximum Gasteiger partial charge on any atom is 0.416 e. The molecular formula is C22H23F3N2O5. The van der Waals surface area contributed by atoms with Crippen molar-refractivity contribution >= 4 is 23.2 Å². The molecule has 1 heterocycles. The molecule has 0 bridgehead atoms. The monoisotopic (exact) mass is 452 g/mol. The topological polar surface area (TPSA) is 77.1 Å². The van der Waals surface area contributed by atoms with E-state index in [4.69, 9.17) is 14.2 Å². The number of nitrogens with one attached hydrogen (secondary N) is 1. The summed E-state index contributed by atoms with van der Waals surface area (Å²) in [6, 6.07) is 9.50. The van der Waals surface area contributed by atoms with Crippen LogP contribution in [-0.2, 0) is 20.5 Å². The van der Waals surface area contributed by atoms with Crippen molar-refractivity contribution < 1.29 is 37.0 Å². The number of hydrogen-bond donors (Lipinski definition) is 1. The molecule has 2 amide bonds. The van der Waals surface area contributed by atoms with E-state index >= 15 is 0 Å². The largest absolute Gasteiger partial charge is 0.489 e. The van der Waals surface area contributed by atoms with Gasteiger partial charge in [-0.15, -0.1) is 0 Å². The summed E-state index contributed by atoms with van der Waals surface area (Å²) in [5.41, 5.74) is -0.293. The van der Waals surface area contributed by atoms with E-state index in [0.717, 1.165) is 30.3 Å². The van der Waals surface area contributed by atoms with Gasteiger partial charge >= 0.3 is 6.18 Å². The van der Waals surface area contributed by atoms with E-state index in [0.29, 0.717) is 18.7 Å². The molecule has 32 heavy (non-hydrogen) atoms. The maximum absolute atomic E-state index is 13.1. The van der Waals surface area contributed by atoms with Crippen molar-refractivity contribution in [3.63, 3.8) is 0 Å². The standard InChI is InChI=1S/C22H23F3N2O5/c1-30-11-12-31-19-9-4-15(22(23,24)25)13-18(19)26-20(28)14-32-17-7-5-16(6-8-17)27-10-2-3-21(27)29/h4-9,13H,2-3,10-12,14H2,1H3,(H,26,28). The van der Waals surface area contributed by atoms with Crippen LogP contribution in [0.2, 0.25) is 0 Å². The molecule has 0 aliphatic carbocycles. The number of benzene rings is 2. The maximum atomic E-state index is 13.1. The van der Waals surface area contributed by atoms with Crippen molar-refractivity contribution in [2.24, 2.45) is 0 Å². The van der Waals surface area contributed by atoms with Gasteiger partial charge in [-0.25, -0.2) is 0 Å². The van der Waals surface area contributed by atoms with Crippen molar-refractivity contribution in [2.45, 2.75) is 19.0 Å². The smallest absolute Gasteiger partial charge is 0.416 e. The fourth-order valence-corrected chi connectivity index (χ4v) is 3.14. The van der Waals surface area contributed by atoms with Gasteiger partial charge in [-0.3, -0.25) is 9.59 Å². The summed E-state index contributed by atoms with van der Waals surface area (Å²) >= 11 is 0. The highest BCUT2D eigenvalue weighted by atomic mass is 19.4. The first-order valence-corrected chi connectivity index (χ1v) is 9.94. The lowest BCUT2D eigenvalue weighted by atomic mass is 10.1. The normalized spacial score (nSPS) is 13.9. The average molecular weight is 452 g/mol. The van der Waals surface area contributed by atoms with Gasteiger partial charge in [0, 0.05) is 25.8 Å². The predicted octanol–water partition coefficient (Wildman–Crippen LogP) is 3.87. The molecule has 0 atom stereocenters. The minimum absolute atomic E-state index is 0.0580. The summed E-state index contributed by atoms with van der Waals surface area (Å²) in [5.74, 6) is -0.124. The van der Waals surface area contributed by atoms with Crippen LogP contribution >= 0.6 is 0 Å². The lowest BCUT2D eigenvalue weighted by Crippen LogP contribution is -2.23. The number of rotatable bonds is 9. The molecule has 3 rings (SSSR count). The van der Waals surface area contributed by atoms with Crippen molar-refractivity contribution in [3.8, 4) is 11.5 Å². The third-order valence-corrected chi connectivity index (χ3v) is 4.72. The molecule has 0 saturated carbocycles. The van der Waals surface area contributed by atoms with E-state index in [-0.39, 0.29) is 30.6 Å². The lowest BCUT2D eigenvalue weighted by Gasteiger charge is -2.16. The van der Waals surface area contributed by atoms with E-state index in [1.807, 2.05) is 0 Å². The molecule has 0 radical (unpaired) electrons. The second kappa shape index (κ2) is 10.4. The van der Waals surface area contributed by atoms with Gasteiger partial charge in [-0.1, -0.05) is 0 Å². The lowest BCUT2D eigenvalue weighted by molar-refractivity contribution is -0.137. The van der Waals surface area contributed by atoms with Gasteiger partial charge in [0.25, 0.3) is 5.91 Å². The van der Waals surface area contributed by atoms with E-state index in [1.165, 1.54) is 7.11 Å².